The highest BCUT2D eigenvalue weighted by Crippen LogP contribution is 2.29. The normalized spacial score (nSPS) is 11.1. The van der Waals surface area contributed by atoms with Crippen molar-refractivity contribution in [2.45, 2.75) is 0 Å². The number of ether oxygens (including phenoxy) is 1. The number of anilines is 3. The largest absolute Gasteiger partial charge is 0.773 e. The van der Waals surface area contributed by atoms with Crippen molar-refractivity contribution < 1.29 is 13.5 Å². The summed E-state index contributed by atoms with van der Waals surface area (Å²) >= 11 is 9.78. The number of benzene rings is 1. The van der Waals surface area contributed by atoms with E-state index in [1.54, 1.807) is 25.3 Å². The van der Waals surface area contributed by atoms with Crippen LogP contribution < -0.4 is 15.8 Å². The average Bonchev–Trinajstić information content (AvgIpc) is 2.44. The second-order valence-electron chi connectivity index (χ2n) is 3.82. The summed E-state index contributed by atoms with van der Waals surface area (Å²) in [6.07, 6.45) is 2.50. The number of nitrogens with two attached hydrogens (primary N) is 1. The number of nitrogens with one attached hydrogen (secondary N) is 1. The highest BCUT2D eigenvalue weighted by atomic mass is 35.5. The zero-order valence-electron chi connectivity index (χ0n) is 11.7. The maximum absolute atomic E-state index is 9.00. The van der Waals surface area contributed by atoms with Crippen LogP contribution in [-0.4, -0.2) is 32.1 Å². The SMILES string of the molecule is COc1ccc(Nc2nc(Cl)ncc2Cl)c(N)c1.CS(=O)[O-]. The Morgan fingerprint density at radius 3 is 2.59 bits per heavy atom. The van der Waals surface area contributed by atoms with Gasteiger partial charge < -0.3 is 20.3 Å². The van der Waals surface area contributed by atoms with Crippen LogP contribution in [0, 0.1) is 0 Å². The molecule has 0 radical (unpaired) electrons. The lowest BCUT2D eigenvalue weighted by molar-refractivity contribution is 0.415. The average molecular weight is 364 g/mol. The third kappa shape index (κ3) is 6.02. The van der Waals surface area contributed by atoms with Crippen LogP contribution in [0.15, 0.2) is 24.4 Å². The van der Waals surface area contributed by atoms with Gasteiger partial charge in [0.2, 0.25) is 5.28 Å². The number of aromatic nitrogens is 2. The van der Waals surface area contributed by atoms with Gasteiger partial charge in [-0.3, -0.25) is 4.21 Å². The van der Waals surface area contributed by atoms with Crippen molar-refractivity contribution >= 4 is 51.5 Å². The zero-order valence-corrected chi connectivity index (χ0v) is 14.0. The number of nitrogens with zero attached hydrogens (tertiary/aromatic N) is 2. The first-order valence-corrected chi connectivity index (χ1v) is 7.97. The minimum atomic E-state index is -1.86. The fourth-order valence-corrected chi connectivity index (χ4v) is 1.61. The Bertz CT molecular complexity index is 669. The van der Waals surface area contributed by atoms with Crippen LogP contribution in [0.3, 0.4) is 0 Å². The molecule has 1 aromatic carbocycles. The Morgan fingerprint density at radius 2 is 2.05 bits per heavy atom. The van der Waals surface area contributed by atoms with Crippen LogP contribution in [0.4, 0.5) is 17.2 Å². The summed E-state index contributed by atoms with van der Waals surface area (Å²) in [6.45, 7) is 0. The summed E-state index contributed by atoms with van der Waals surface area (Å²) < 4.78 is 23.1. The molecule has 7 nitrogen and oxygen atoms in total. The molecule has 1 heterocycles. The van der Waals surface area contributed by atoms with Gasteiger partial charge in [-0.25, -0.2) is 4.98 Å². The number of hydrogen-bond acceptors (Lipinski definition) is 7. The Labute approximate surface area is 140 Å². The summed E-state index contributed by atoms with van der Waals surface area (Å²) in [5.74, 6) is 1.07. The smallest absolute Gasteiger partial charge is 0.224 e. The van der Waals surface area contributed by atoms with Crippen molar-refractivity contribution in [3.05, 3.63) is 34.7 Å². The van der Waals surface area contributed by atoms with Gasteiger partial charge >= 0.3 is 0 Å². The van der Waals surface area contributed by atoms with E-state index in [4.69, 9.17) is 42.4 Å². The Balaban J connectivity index is 0.000000541. The Morgan fingerprint density at radius 1 is 1.41 bits per heavy atom. The second kappa shape index (κ2) is 8.74. The molecule has 0 fully saturated rings. The molecule has 120 valence electrons. The zero-order chi connectivity index (χ0) is 16.7. The lowest BCUT2D eigenvalue weighted by Crippen LogP contribution is -2.00. The van der Waals surface area contributed by atoms with E-state index in [0.717, 1.165) is 6.26 Å². The van der Waals surface area contributed by atoms with Gasteiger partial charge in [0.05, 0.1) is 24.7 Å². The fraction of sp³-hybridized carbons (Fsp3) is 0.167. The highest BCUT2D eigenvalue weighted by molar-refractivity contribution is 7.78. The van der Waals surface area contributed by atoms with E-state index in [1.807, 2.05) is 0 Å². The number of methoxy groups -OCH3 is 1. The van der Waals surface area contributed by atoms with Gasteiger partial charge in [-0.1, -0.05) is 22.7 Å². The minimum Gasteiger partial charge on any atom is -0.773 e. The summed E-state index contributed by atoms with van der Waals surface area (Å²) in [7, 11) is 1.57. The predicted molar refractivity (Wildman–Crippen MR) is 87.6 cm³/mol. The van der Waals surface area contributed by atoms with Crippen LogP contribution in [0.25, 0.3) is 0 Å². The first-order valence-electron chi connectivity index (χ1n) is 5.73. The van der Waals surface area contributed by atoms with Crippen molar-refractivity contribution in [3.8, 4) is 5.75 Å². The first-order chi connectivity index (χ1) is 10.3. The van der Waals surface area contributed by atoms with Crippen LogP contribution >= 0.6 is 23.2 Å². The molecular weight excluding hydrogens is 351 g/mol. The van der Waals surface area contributed by atoms with E-state index >= 15 is 0 Å². The number of halogens is 2. The van der Waals surface area contributed by atoms with Crippen molar-refractivity contribution in [1.82, 2.24) is 9.97 Å². The Hall–Kier alpha value is -1.61. The monoisotopic (exact) mass is 363 g/mol. The summed E-state index contributed by atoms with van der Waals surface area (Å²) in [5, 5.41) is 3.45. The minimum absolute atomic E-state index is 0.106. The standard InChI is InChI=1S/C11H10Cl2N4O.CH4O2S/c1-18-6-2-3-9(8(14)4-6)16-10-7(12)5-15-11(13)17-10;1-4(2)3/h2-5H,14H2,1H3,(H,15,16,17);1H3,(H,2,3)/p-1. The molecule has 22 heavy (non-hydrogen) atoms. The molecule has 1 unspecified atom stereocenters. The molecule has 0 saturated heterocycles. The fourth-order valence-electron chi connectivity index (χ4n) is 1.34. The maximum atomic E-state index is 9.00. The molecule has 0 aliphatic heterocycles. The lowest BCUT2D eigenvalue weighted by atomic mass is 10.2. The molecule has 0 spiro atoms. The van der Waals surface area contributed by atoms with Gasteiger partial charge in [-0.15, -0.1) is 0 Å². The summed E-state index contributed by atoms with van der Waals surface area (Å²) in [4.78, 5) is 7.74. The van der Waals surface area contributed by atoms with Crippen molar-refractivity contribution in [1.29, 1.82) is 0 Å². The topological polar surface area (TPSA) is 113 Å². The van der Waals surface area contributed by atoms with E-state index in [-0.39, 0.29) is 5.28 Å². The van der Waals surface area contributed by atoms with Gasteiger partial charge in [-0.2, -0.15) is 4.98 Å². The van der Waals surface area contributed by atoms with E-state index < -0.39 is 11.1 Å². The van der Waals surface area contributed by atoms with Crippen molar-refractivity contribution in [2.75, 3.05) is 24.4 Å². The third-order valence-corrected chi connectivity index (χ3v) is 2.69. The number of nitrogen functional groups attached to an aromatic ring is 1. The van der Waals surface area contributed by atoms with E-state index in [1.165, 1.54) is 6.20 Å². The molecule has 1 atom stereocenters. The molecule has 1 aromatic heterocycles. The second-order valence-corrected chi connectivity index (χ2v) is 5.36. The molecule has 0 amide bonds. The number of hydrogen-bond donors (Lipinski definition) is 2. The first kappa shape index (κ1) is 18.4. The molecule has 0 aliphatic carbocycles. The molecule has 2 rings (SSSR count). The molecule has 3 N–H and O–H groups in total. The highest BCUT2D eigenvalue weighted by Gasteiger charge is 2.07. The predicted octanol–water partition coefficient (Wildman–Crippen LogP) is 2.61. The van der Waals surface area contributed by atoms with Crippen molar-refractivity contribution in [2.24, 2.45) is 0 Å². The van der Waals surface area contributed by atoms with Gasteiger partial charge in [0.1, 0.15) is 10.8 Å². The van der Waals surface area contributed by atoms with Gasteiger partial charge in [-0.05, 0) is 30.0 Å². The summed E-state index contributed by atoms with van der Waals surface area (Å²) in [5.41, 5.74) is 7.04. The lowest BCUT2D eigenvalue weighted by Gasteiger charge is -2.10. The molecule has 0 saturated carbocycles. The van der Waals surface area contributed by atoms with E-state index in [9.17, 15) is 0 Å². The molecule has 2 aromatic rings. The molecule has 10 heteroatoms. The van der Waals surface area contributed by atoms with Crippen molar-refractivity contribution in [3.63, 3.8) is 0 Å². The summed E-state index contributed by atoms with van der Waals surface area (Å²) in [6, 6.07) is 5.23. The van der Waals surface area contributed by atoms with Gasteiger partial charge in [0.15, 0.2) is 5.82 Å². The van der Waals surface area contributed by atoms with Gasteiger partial charge in [0.25, 0.3) is 0 Å². The Kier molecular flexibility index (Phi) is 7.33. The quantitative estimate of drug-likeness (QED) is 0.489. The third-order valence-electron chi connectivity index (χ3n) is 2.23. The van der Waals surface area contributed by atoms with E-state index in [2.05, 4.69) is 15.3 Å². The molecular formula is C12H13Cl2N4O3S-. The maximum Gasteiger partial charge on any atom is 0.224 e. The molecule has 0 bridgehead atoms. The van der Waals surface area contributed by atoms with Gasteiger partial charge in [0, 0.05) is 6.07 Å². The van der Waals surface area contributed by atoms with Crippen LogP contribution in [0.5, 0.6) is 5.75 Å². The van der Waals surface area contributed by atoms with Crippen LogP contribution in [0.1, 0.15) is 0 Å². The molecule has 0 aliphatic rings. The number of rotatable bonds is 3. The van der Waals surface area contributed by atoms with Crippen LogP contribution in [-0.2, 0) is 11.1 Å². The van der Waals surface area contributed by atoms with E-state index in [0.29, 0.717) is 28.0 Å². The van der Waals surface area contributed by atoms with Crippen LogP contribution in [0.2, 0.25) is 10.3 Å².